The average molecular weight is 343 g/mol. The molecule has 0 atom stereocenters. The number of nitrogens with zero attached hydrogens (tertiary/aromatic N) is 2. The highest BCUT2D eigenvalue weighted by Gasteiger charge is 2.09. The summed E-state index contributed by atoms with van der Waals surface area (Å²) in [6.45, 7) is 3.06. The van der Waals surface area contributed by atoms with Gasteiger partial charge in [0.25, 0.3) is 5.69 Å². The minimum Gasteiger partial charge on any atom is -0.492 e. The molecule has 0 heterocycles. The van der Waals surface area contributed by atoms with Gasteiger partial charge in [-0.15, -0.1) is 0 Å². The van der Waals surface area contributed by atoms with Crippen molar-refractivity contribution >= 4 is 17.3 Å². The Morgan fingerprint density at radius 3 is 2.64 bits per heavy atom. The highest BCUT2D eigenvalue weighted by Crippen LogP contribution is 2.18. The van der Waals surface area contributed by atoms with Gasteiger partial charge >= 0.3 is 0 Å². The molecule has 0 aliphatic heterocycles. The molecule has 1 N–H and O–H groups in total. The van der Waals surface area contributed by atoms with Crippen molar-refractivity contribution in [2.24, 2.45) is 0 Å². The maximum absolute atomic E-state index is 12.0. The largest absolute Gasteiger partial charge is 0.492 e. The van der Waals surface area contributed by atoms with Crippen LogP contribution in [0.5, 0.6) is 5.75 Å². The molecule has 1 amide bonds. The number of amides is 1. The summed E-state index contributed by atoms with van der Waals surface area (Å²) in [5, 5.41) is 13.6. The highest BCUT2D eigenvalue weighted by atomic mass is 16.6. The van der Waals surface area contributed by atoms with Crippen molar-refractivity contribution in [3.8, 4) is 5.75 Å². The number of hydrogen-bond acceptors (Lipinski definition) is 5. The Morgan fingerprint density at radius 1 is 1.24 bits per heavy atom. The molecule has 0 saturated carbocycles. The Morgan fingerprint density at radius 2 is 1.96 bits per heavy atom. The van der Waals surface area contributed by atoms with Crippen molar-refractivity contribution in [3.63, 3.8) is 0 Å². The lowest BCUT2D eigenvalue weighted by Gasteiger charge is -2.16. The molecule has 0 aliphatic rings. The second-order valence-electron chi connectivity index (χ2n) is 5.75. The number of benzene rings is 2. The highest BCUT2D eigenvalue weighted by molar-refractivity contribution is 5.92. The first-order valence-corrected chi connectivity index (χ1v) is 7.86. The molecule has 0 bridgehead atoms. The van der Waals surface area contributed by atoms with E-state index in [2.05, 4.69) is 5.32 Å². The van der Waals surface area contributed by atoms with Gasteiger partial charge in [0, 0.05) is 18.3 Å². The first kappa shape index (κ1) is 18.4. The molecule has 0 unspecified atom stereocenters. The van der Waals surface area contributed by atoms with Gasteiger partial charge in [0.2, 0.25) is 5.91 Å². The van der Waals surface area contributed by atoms with E-state index in [4.69, 9.17) is 4.74 Å². The van der Waals surface area contributed by atoms with Crippen LogP contribution in [0, 0.1) is 17.0 Å². The van der Waals surface area contributed by atoms with E-state index in [9.17, 15) is 14.9 Å². The smallest absolute Gasteiger partial charge is 0.273 e. The van der Waals surface area contributed by atoms with Crippen LogP contribution in [0.15, 0.2) is 48.5 Å². The van der Waals surface area contributed by atoms with Gasteiger partial charge in [0.05, 0.1) is 17.5 Å². The van der Waals surface area contributed by atoms with Crippen molar-refractivity contribution < 1.29 is 14.5 Å². The van der Waals surface area contributed by atoms with E-state index in [-0.39, 0.29) is 18.1 Å². The Kier molecular flexibility index (Phi) is 6.47. The summed E-state index contributed by atoms with van der Waals surface area (Å²) in [4.78, 5) is 24.1. The fourth-order valence-electron chi connectivity index (χ4n) is 2.17. The molecule has 0 aromatic heterocycles. The van der Waals surface area contributed by atoms with Gasteiger partial charge in [-0.05, 0) is 32.2 Å². The Hall–Kier alpha value is -2.93. The molecule has 0 aliphatic carbocycles. The molecular weight excluding hydrogens is 322 g/mol. The number of hydrogen-bond donors (Lipinski definition) is 1. The van der Waals surface area contributed by atoms with Gasteiger partial charge in [-0.25, -0.2) is 0 Å². The van der Waals surface area contributed by atoms with E-state index in [0.717, 1.165) is 11.3 Å². The molecule has 2 aromatic carbocycles. The first-order valence-electron chi connectivity index (χ1n) is 7.86. The quantitative estimate of drug-likeness (QED) is 0.588. The van der Waals surface area contributed by atoms with Crippen LogP contribution in [-0.4, -0.2) is 42.5 Å². The van der Waals surface area contributed by atoms with Crippen LogP contribution in [0.25, 0.3) is 0 Å². The molecule has 0 spiro atoms. The predicted molar refractivity (Wildman–Crippen MR) is 95.9 cm³/mol. The van der Waals surface area contributed by atoms with E-state index in [0.29, 0.717) is 18.9 Å². The minimum atomic E-state index is -0.464. The zero-order valence-corrected chi connectivity index (χ0v) is 14.3. The molecule has 0 radical (unpaired) electrons. The molecule has 2 aromatic rings. The van der Waals surface area contributed by atoms with Crippen molar-refractivity contribution in [1.29, 1.82) is 0 Å². The summed E-state index contributed by atoms with van der Waals surface area (Å²) in [5.74, 6) is 0.327. The molecule has 7 nitrogen and oxygen atoms in total. The van der Waals surface area contributed by atoms with Gasteiger partial charge in [0.1, 0.15) is 12.4 Å². The van der Waals surface area contributed by atoms with Crippen LogP contribution < -0.4 is 10.1 Å². The molecule has 0 saturated heterocycles. The van der Waals surface area contributed by atoms with Crippen LogP contribution >= 0.6 is 0 Å². The predicted octanol–water partition coefficient (Wildman–Crippen LogP) is 2.85. The Bertz CT molecular complexity index is 731. The van der Waals surface area contributed by atoms with E-state index >= 15 is 0 Å². The number of anilines is 1. The zero-order valence-electron chi connectivity index (χ0n) is 14.3. The van der Waals surface area contributed by atoms with Gasteiger partial charge in [-0.2, -0.15) is 0 Å². The normalized spacial score (nSPS) is 10.5. The van der Waals surface area contributed by atoms with E-state index < -0.39 is 4.92 Å². The van der Waals surface area contributed by atoms with Crippen molar-refractivity contribution in [2.45, 2.75) is 6.92 Å². The van der Waals surface area contributed by atoms with Crippen LogP contribution in [0.4, 0.5) is 11.4 Å². The van der Waals surface area contributed by atoms with Crippen LogP contribution in [0.1, 0.15) is 5.56 Å². The molecule has 7 heteroatoms. The molecule has 25 heavy (non-hydrogen) atoms. The first-order chi connectivity index (χ1) is 11.9. The topological polar surface area (TPSA) is 84.7 Å². The second kappa shape index (κ2) is 8.79. The average Bonchev–Trinajstić information content (AvgIpc) is 2.57. The third kappa shape index (κ3) is 6.23. The van der Waals surface area contributed by atoms with Gasteiger partial charge < -0.3 is 10.1 Å². The number of likely N-dealkylation sites (N-methyl/N-ethyl adjacent to an activating group) is 1. The number of ether oxygens (including phenoxy) is 1. The number of rotatable bonds is 8. The van der Waals surface area contributed by atoms with Gasteiger partial charge in [0.15, 0.2) is 0 Å². The van der Waals surface area contributed by atoms with E-state index in [1.54, 1.807) is 12.1 Å². The fourth-order valence-corrected chi connectivity index (χ4v) is 2.17. The fraction of sp³-hybridized carbons (Fsp3) is 0.278. The number of carbonyl (C=O) groups excluding carboxylic acids is 1. The second-order valence-corrected chi connectivity index (χ2v) is 5.75. The zero-order chi connectivity index (χ0) is 18.2. The number of aryl methyl sites for hydroxylation is 1. The van der Waals surface area contributed by atoms with Crippen molar-refractivity contribution in [1.82, 2.24) is 4.90 Å². The summed E-state index contributed by atoms with van der Waals surface area (Å²) in [5.41, 5.74) is 1.88. The summed E-state index contributed by atoms with van der Waals surface area (Å²) in [6.07, 6.45) is 0. The van der Waals surface area contributed by atoms with Crippen LogP contribution in [-0.2, 0) is 4.79 Å². The summed E-state index contributed by atoms with van der Waals surface area (Å²) < 4.78 is 5.50. The third-order valence-electron chi connectivity index (χ3n) is 3.52. The van der Waals surface area contributed by atoms with Crippen molar-refractivity contribution in [2.75, 3.05) is 32.1 Å². The van der Waals surface area contributed by atoms with Crippen LogP contribution in [0.3, 0.4) is 0 Å². The number of non-ortho nitro benzene ring substituents is 1. The summed E-state index contributed by atoms with van der Waals surface area (Å²) in [6, 6.07) is 13.6. The SMILES string of the molecule is Cc1ccc(NC(=O)CN(C)CCOc2cccc([N+](=O)[O-])c2)cc1. The summed E-state index contributed by atoms with van der Waals surface area (Å²) >= 11 is 0. The lowest BCUT2D eigenvalue weighted by atomic mass is 10.2. The molecular formula is C18H21N3O4. The minimum absolute atomic E-state index is 0.0108. The Labute approximate surface area is 146 Å². The van der Waals surface area contributed by atoms with Crippen LogP contribution in [0.2, 0.25) is 0 Å². The number of carbonyl (C=O) groups is 1. The lowest BCUT2D eigenvalue weighted by Crippen LogP contribution is -2.33. The molecule has 2 rings (SSSR count). The molecule has 0 fully saturated rings. The number of nitro benzene ring substituents is 1. The Balaban J connectivity index is 1.74. The van der Waals surface area contributed by atoms with Gasteiger partial charge in [-0.1, -0.05) is 23.8 Å². The number of nitro groups is 1. The van der Waals surface area contributed by atoms with E-state index in [1.807, 2.05) is 43.1 Å². The van der Waals surface area contributed by atoms with Gasteiger partial charge in [-0.3, -0.25) is 19.8 Å². The number of nitrogens with one attached hydrogen (secondary N) is 1. The maximum Gasteiger partial charge on any atom is 0.273 e. The standard InChI is InChI=1S/C18H21N3O4/c1-14-6-8-15(9-7-14)19-18(22)13-20(2)10-11-25-17-5-3-4-16(12-17)21(23)24/h3-9,12H,10-11,13H2,1-2H3,(H,19,22). The molecule has 132 valence electrons. The third-order valence-corrected chi connectivity index (χ3v) is 3.52. The van der Waals surface area contributed by atoms with Crippen molar-refractivity contribution in [3.05, 3.63) is 64.2 Å². The monoisotopic (exact) mass is 343 g/mol. The lowest BCUT2D eigenvalue weighted by molar-refractivity contribution is -0.384. The van der Waals surface area contributed by atoms with E-state index in [1.165, 1.54) is 12.1 Å². The maximum atomic E-state index is 12.0. The summed E-state index contributed by atoms with van der Waals surface area (Å²) in [7, 11) is 1.81.